The van der Waals surface area contributed by atoms with E-state index in [-0.39, 0.29) is 21.4 Å². The van der Waals surface area contributed by atoms with E-state index in [4.69, 9.17) is 0 Å². The van der Waals surface area contributed by atoms with E-state index >= 15 is 35.1 Å². The first-order chi connectivity index (χ1) is 36.1. The average molecular weight is 1110 g/mol. The number of carbonyl (C=O) groups excluding carboxylic acids is 1. The van der Waals surface area contributed by atoms with Crippen molar-refractivity contribution in [2.24, 2.45) is 0 Å². The fraction of sp³-hybridized carbons (Fsp3) is 0.0926. The van der Waals surface area contributed by atoms with Gasteiger partial charge >= 0.3 is 0 Å². The van der Waals surface area contributed by atoms with Gasteiger partial charge in [-0.15, -0.1) is 21.9 Å². The highest BCUT2D eigenvalue weighted by Gasteiger charge is 2.52. The molecule has 0 fully saturated rings. The maximum Gasteiger partial charge on any atom is 0.212 e. The molecule has 1 atom stereocenters. The summed E-state index contributed by atoms with van der Waals surface area (Å²) >= 11 is 0. The van der Waals surface area contributed by atoms with Crippen LogP contribution in [0.1, 0.15) is 31.1 Å². The molecule has 0 spiro atoms. The molecule has 0 saturated heterocycles. The van der Waals surface area contributed by atoms with Crippen LogP contribution >= 0.6 is 0 Å². The van der Waals surface area contributed by atoms with Crippen molar-refractivity contribution < 1.29 is 92.6 Å². The molecule has 9 rings (SSSR count). The van der Waals surface area contributed by atoms with Gasteiger partial charge in [0.25, 0.3) is 0 Å². The summed E-state index contributed by atoms with van der Waals surface area (Å²) in [6.45, 7) is 6.80. The van der Waals surface area contributed by atoms with Gasteiger partial charge in [0.15, 0.2) is 80.5 Å². The number of carbonyl (C=O) groups is 1. The fourth-order valence-corrected chi connectivity index (χ4v) is 11.8. The average Bonchev–Trinajstić information content (AvgIpc) is 3.56. The normalized spacial score (nSPS) is 12.4. The van der Waals surface area contributed by atoms with E-state index in [1.165, 1.54) is 37.2 Å². The SMILES string of the molecule is CC(C)(C)[S+](CC(=O)c1ccccc1)c1c2ccccc2cc2cc3ccccc3cc12.Fc1c(F)c(F)c([B-](c2c(F)c(F)c(F)c(F)c2F)(c2c(F)c(F)c(F)c(F)c2F)c2c(F)c(F)c(F)c(F)c2F)c(F)c1F. The molecule has 0 N–H and O–H groups in total. The highest BCUT2D eigenvalue weighted by molar-refractivity contribution is 7.99. The molecule has 0 heterocycles. The van der Waals surface area contributed by atoms with Crippen molar-refractivity contribution in [1.29, 1.82) is 0 Å². The number of halogens is 20. The first-order valence-corrected chi connectivity index (χ1v) is 23.4. The number of fused-ring (bicyclic) bond motifs is 3. The summed E-state index contributed by atoms with van der Waals surface area (Å²) in [5, 5.41) is 7.49. The van der Waals surface area contributed by atoms with Crippen LogP contribution in [0.4, 0.5) is 87.8 Å². The Labute approximate surface area is 423 Å². The lowest BCUT2D eigenvalue weighted by molar-refractivity contribution is 0.102. The highest BCUT2D eigenvalue weighted by Crippen LogP contribution is 2.41. The Morgan fingerprint density at radius 1 is 0.351 bits per heavy atom. The van der Waals surface area contributed by atoms with Crippen molar-refractivity contribution in [3.63, 3.8) is 0 Å². The van der Waals surface area contributed by atoms with Gasteiger partial charge in [-0.2, -0.15) is 0 Å². The van der Waals surface area contributed by atoms with E-state index in [1.54, 1.807) is 0 Å². The minimum Gasteiger partial charge on any atom is -0.289 e. The van der Waals surface area contributed by atoms with Crippen LogP contribution in [0, 0.1) is 116 Å². The van der Waals surface area contributed by atoms with Crippen LogP contribution in [0.5, 0.6) is 0 Å². The van der Waals surface area contributed by atoms with E-state index in [0.717, 1.165) is 5.56 Å². The fourth-order valence-electron chi connectivity index (χ4n) is 9.29. The van der Waals surface area contributed by atoms with Crippen LogP contribution in [0.3, 0.4) is 0 Å². The molecule has 1 nitrogen and oxygen atoms in total. The first kappa shape index (κ1) is 55.7. The summed E-state index contributed by atoms with van der Waals surface area (Å²) in [7, 11) is -0.277. The highest BCUT2D eigenvalue weighted by atomic mass is 32.2. The van der Waals surface area contributed by atoms with Gasteiger partial charge in [-0.1, -0.05) is 72.8 Å². The maximum absolute atomic E-state index is 15.4. The quantitative estimate of drug-likeness (QED) is 0.0282. The minimum atomic E-state index is -7.22. The summed E-state index contributed by atoms with van der Waals surface area (Å²) < 4.78 is 294. The number of ketones is 1. The molecule has 23 heteroatoms. The van der Waals surface area contributed by atoms with Crippen LogP contribution in [-0.2, 0) is 10.9 Å². The van der Waals surface area contributed by atoms with Gasteiger partial charge < -0.3 is 0 Å². The number of Topliss-reactive ketones (excluding diaryl/α,β-unsaturated/α-hetero) is 1. The largest absolute Gasteiger partial charge is 0.289 e. The lowest BCUT2D eigenvalue weighted by Gasteiger charge is -2.44. The number of hydrogen-bond acceptors (Lipinski definition) is 1. The Morgan fingerprint density at radius 2 is 0.636 bits per heavy atom. The summed E-state index contributed by atoms with van der Waals surface area (Å²) in [5.74, 6) is -70.7. The van der Waals surface area contributed by atoms with Gasteiger partial charge in [-0.25, -0.2) is 87.8 Å². The molecule has 398 valence electrons. The smallest absolute Gasteiger partial charge is 0.212 e. The zero-order chi connectivity index (χ0) is 56.7. The topological polar surface area (TPSA) is 17.1 Å². The second-order valence-corrected chi connectivity index (χ2v) is 20.8. The van der Waals surface area contributed by atoms with Crippen molar-refractivity contribution in [3.05, 3.63) is 219 Å². The second-order valence-electron chi connectivity index (χ2n) is 18.1. The summed E-state index contributed by atoms with van der Waals surface area (Å²) in [6.07, 6.45) is -7.22. The third-order valence-corrected chi connectivity index (χ3v) is 15.7. The Kier molecular flexibility index (Phi) is 14.8. The molecule has 0 aromatic heterocycles. The summed E-state index contributed by atoms with van der Waals surface area (Å²) in [5.41, 5.74) is -13.5. The molecule has 0 radical (unpaired) electrons. The van der Waals surface area contributed by atoms with Crippen LogP contribution in [-0.4, -0.2) is 22.4 Å². The van der Waals surface area contributed by atoms with Crippen molar-refractivity contribution in [2.45, 2.75) is 30.4 Å². The van der Waals surface area contributed by atoms with E-state index in [9.17, 15) is 57.5 Å². The van der Waals surface area contributed by atoms with Crippen LogP contribution < -0.4 is 21.9 Å². The molecule has 0 saturated carbocycles. The number of hydrogen-bond donors (Lipinski definition) is 0. The monoisotopic (exact) mass is 1110 g/mol. The zero-order valence-corrected chi connectivity index (χ0v) is 39.7. The molecule has 1 unspecified atom stereocenters. The molecule has 9 aromatic carbocycles. The molecular weight excluding hydrogens is 1090 g/mol. The predicted octanol–water partition coefficient (Wildman–Crippen LogP) is 13.7. The standard InChI is InChI=1S/C30H27OS.C24BF20/c1-30(2,3)32(20-28(31)21-11-5-4-6-12-21)29-26-16-10-9-15-24(26)18-25-17-22-13-7-8-14-23(22)19-27(25)29;26-5-1(6(27)14(35)21(42)13(5)34)25(2-7(28)15(36)22(43)16(37)8(2)29,3-9(30)17(38)23(44)18(39)10(3)31)4-11(32)19(40)24(45)20(41)12(4)33/h4-19H,20H2,1-3H3;/q+1;-1. The number of rotatable bonds is 8. The zero-order valence-electron chi connectivity index (χ0n) is 38.9. The Morgan fingerprint density at radius 3 is 0.987 bits per heavy atom. The van der Waals surface area contributed by atoms with Gasteiger partial charge in [0.1, 0.15) is 57.4 Å². The lowest BCUT2D eigenvalue weighted by atomic mass is 9.12. The van der Waals surface area contributed by atoms with E-state index in [2.05, 4.69) is 87.5 Å². The molecule has 0 aliphatic heterocycles. The third-order valence-electron chi connectivity index (χ3n) is 12.7. The van der Waals surface area contributed by atoms with Crippen molar-refractivity contribution >= 4 is 77.0 Å². The van der Waals surface area contributed by atoms with Crippen LogP contribution in [0.15, 0.2) is 102 Å². The Balaban J connectivity index is 0.000000215. The Bertz CT molecular complexity index is 3530. The molecule has 9 aromatic rings. The first-order valence-electron chi connectivity index (χ1n) is 22.0. The van der Waals surface area contributed by atoms with Gasteiger partial charge in [0, 0.05) is 27.2 Å². The van der Waals surface area contributed by atoms with E-state index in [1.807, 2.05) is 30.3 Å². The van der Waals surface area contributed by atoms with Crippen LogP contribution in [0.2, 0.25) is 0 Å². The number of benzene rings is 9. The van der Waals surface area contributed by atoms with Crippen LogP contribution in [0.25, 0.3) is 32.3 Å². The van der Waals surface area contributed by atoms with E-state index in [0.29, 0.717) is 5.75 Å². The maximum atomic E-state index is 15.4. The van der Waals surface area contributed by atoms with Crippen molar-refractivity contribution in [3.8, 4) is 0 Å². The summed E-state index contributed by atoms with van der Waals surface area (Å²) in [4.78, 5) is 14.7. The van der Waals surface area contributed by atoms with Gasteiger partial charge in [-0.05, 0) is 66.6 Å². The third kappa shape index (κ3) is 8.88. The lowest BCUT2D eigenvalue weighted by Crippen LogP contribution is -2.81. The molecule has 0 aliphatic carbocycles. The summed E-state index contributed by atoms with van der Waals surface area (Å²) in [6, 6.07) is 33.8. The molecular formula is C54H27BF20OS. The van der Waals surface area contributed by atoms with Gasteiger partial charge in [0.2, 0.25) is 5.78 Å². The Hall–Kier alpha value is -7.56. The molecule has 0 amide bonds. The molecule has 0 bridgehead atoms. The molecule has 0 aliphatic rings. The predicted molar refractivity (Wildman–Crippen MR) is 249 cm³/mol. The van der Waals surface area contributed by atoms with Gasteiger partial charge in [0.05, 0.1) is 0 Å². The van der Waals surface area contributed by atoms with Crippen molar-refractivity contribution in [2.75, 3.05) is 5.75 Å². The minimum absolute atomic E-state index is 0.0485. The second kappa shape index (κ2) is 20.4. The van der Waals surface area contributed by atoms with Crippen molar-refractivity contribution in [1.82, 2.24) is 0 Å². The van der Waals surface area contributed by atoms with Gasteiger partial charge in [-0.3, -0.25) is 4.79 Å². The molecule has 77 heavy (non-hydrogen) atoms. The van der Waals surface area contributed by atoms with E-state index < -0.39 is 144 Å².